The molecule has 0 N–H and O–H groups in total. The molecular weight excluding hydrogens is 186 g/mol. The predicted molar refractivity (Wildman–Crippen MR) is 65.4 cm³/mol. The third-order valence-electron chi connectivity index (χ3n) is 3.02. The van der Waals surface area contributed by atoms with E-state index in [1.165, 1.54) is 44.9 Å². The summed E-state index contributed by atoms with van der Waals surface area (Å²) in [6.45, 7) is 6.17. The van der Waals surface area contributed by atoms with Crippen LogP contribution in [0.2, 0.25) is 0 Å². The van der Waals surface area contributed by atoms with E-state index < -0.39 is 0 Å². The van der Waals surface area contributed by atoms with Crippen LogP contribution in [0, 0.1) is 5.92 Å². The molecule has 0 saturated carbocycles. The molecule has 0 amide bonds. The Bertz CT molecular complexity index is 189. The van der Waals surface area contributed by atoms with Crippen LogP contribution in [-0.4, -0.2) is 19.0 Å². The lowest BCUT2D eigenvalue weighted by atomic mass is 10.0. The monoisotopic (exact) mass is 211 g/mol. The van der Waals surface area contributed by atoms with Gasteiger partial charge < -0.3 is 4.74 Å². The van der Waals surface area contributed by atoms with Gasteiger partial charge in [-0.3, -0.25) is 4.99 Å². The Labute approximate surface area is 94.1 Å². The molecule has 0 aromatic rings. The van der Waals surface area contributed by atoms with Crippen molar-refractivity contribution in [2.75, 3.05) is 13.2 Å². The van der Waals surface area contributed by atoms with Gasteiger partial charge in [-0.1, -0.05) is 52.4 Å². The Hall–Kier alpha value is -0.530. The zero-order chi connectivity index (χ0) is 10.9. The highest BCUT2D eigenvalue weighted by Gasteiger charge is 2.14. The largest absolute Gasteiger partial charge is 0.479 e. The van der Waals surface area contributed by atoms with Crippen LogP contribution in [0.5, 0.6) is 0 Å². The Morgan fingerprint density at radius 3 is 2.60 bits per heavy atom. The molecule has 1 atom stereocenters. The van der Waals surface area contributed by atoms with Gasteiger partial charge in [0.1, 0.15) is 6.61 Å². The van der Waals surface area contributed by atoms with Gasteiger partial charge in [-0.15, -0.1) is 0 Å². The van der Waals surface area contributed by atoms with E-state index in [9.17, 15) is 0 Å². The Balaban J connectivity index is 1.95. The average molecular weight is 211 g/mol. The van der Waals surface area contributed by atoms with Gasteiger partial charge in [0.25, 0.3) is 0 Å². The van der Waals surface area contributed by atoms with E-state index >= 15 is 0 Å². The molecule has 1 rings (SSSR count). The fraction of sp³-hybridized carbons (Fsp3) is 0.923. The summed E-state index contributed by atoms with van der Waals surface area (Å²) in [5.41, 5.74) is 0. The fourth-order valence-electron chi connectivity index (χ4n) is 2.00. The molecule has 1 aliphatic rings. The molecule has 0 radical (unpaired) electrons. The fourth-order valence-corrected chi connectivity index (χ4v) is 2.00. The summed E-state index contributed by atoms with van der Waals surface area (Å²) >= 11 is 0. The molecule has 0 bridgehead atoms. The van der Waals surface area contributed by atoms with E-state index in [1.807, 2.05) is 0 Å². The standard InChI is InChI=1S/C13H25NO/c1-3-4-5-6-7-8-9-12(2)13-14-10-11-15-13/h12H,3-11H2,1-2H3. The molecule has 15 heavy (non-hydrogen) atoms. The van der Waals surface area contributed by atoms with Gasteiger partial charge in [-0.05, 0) is 6.42 Å². The second kappa shape index (κ2) is 7.72. The van der Waals surface area contributed by atoms with Crippen LogP contribution < -0.4 is 0 Å². The molecule has 0 aromatic heterocycles. The lowest BCUT2D eigenvalue weighted by Crippen LogP contribution is -2.11. The molecule has 1 aliphatic heterocycles. The first-order valence-electron chi connectivity index (χ1n) is 6.51. The Morgan fingerprint density at radius 2 is 1.93 bits per heavy atom. The second-order valence-corrected chi connectivity index (χ2v) is 4.53. The zero-order valence-corrected chi connectivity index (χ0v) is 10.3. The maximum atomic E-state index is 5.46. The highest BCUT2D eigenvalue weighted by molar-refractivity contribution is 5.79. The molecule has 0 aliphatic carbocycles. The van der Waals surface area contributed by atoms with Crippen LogP contribution in [-0.2, 0) is 4.74 Å². The lowest BCUT2D eigenvalue weighted by Gasteiger charge is -2.10. The van der Waals surface area contributed by atoms with Crippen LogP contribution in [0.25, 0.3) is 0 Å². The molecule has 1 heterocycles. The third-order valence-corrected chi connectivity index (χ3v) is 3.02. The van der Waals surface area contributed by atoms with E-state index in [0.29, 0.717) is 5.92 Å². The predicted octanol–water partition coefficient (Wildman–Crippen LogP) is 3.80. The van der Waals surface area contributed by atoms with Gasteiger partial charge in [0.2, 0.25) is 0 Å². The number of hydrogen-bond donors (Lipinski definition) is 0. The van der Waals surface area contributed by atoms with E-state index in [2.05, 4.69) is 18.8 Å². The zero-order valence-electron chi connectivity index (χ0n) is 10.3. The maximum Gasteiger partial charge on any atom is 0.186 e. The van der Waals surface area contributed by atoms with Crippen LogP contribution in [0.3, 0.4) is 0 Å². The number of unbranched alkanes of at least 4 members (excludes halogenated alkanes) is 5. The summed E-state index contributed by atoms with van der Waals surface area (Å²) in [4.78, 5) is 4.36. The van der Waals surface area contributed by atoms with E-state index in [4.69, 9.17) is 4.74 Å². The average Bonchev–Trinajstić information content (AvgIpc) is 2.76. The molecular formula is C13H25NO. The molecule has 1 unspecified atom stereocenters. The molecule has 2 heteroatoms. The minimum absolute atomic E-state index is 0.540. The smallest absolute Gasteiger partial charge is 0.186 e. The summed E-state index contributed by atoms with van der Waals surface area (Å²) in [6.07, 6.45) is 9.47. The normalized spacial score (nSPS) is 17.3. The SMILES string of the molecule is CCCCCCCCC(C)C1=NCCO1. The molecule has 0 saturated heterocycles. The van der Waals surface area contributed by atoms with E-state index in [-0.39, 0.29) is 0 Å². The summed E-state index contributed by atoms with van der Waals surface area (Å²) in [5.74, 6) is 1.54. The van der Waals surface area contributed by atoms with Crippen molar-refractivity contribution in [2.45, 2.75) is 58.8 Å². The summed E-state index contributed by atoms with van der Waals surface area (Å²) in [5, 5.41) is 0. The van der Waals surface area contributed by atoms with Crippen LogP contribution in [0.15, 0.2) is 4.99 Å². The number of aliphatic imine (C=N–C) groups is 1. The van der Waals surface area contributed by atoms with Crippen molar-refractivity contribution in [3.8, 4) is 0 Å². The van der Waals surface area contributed by atoms with Crippen molar-refractivity contribution >= 4 is 5.90 Å². The van der Waals surface area contributed by atoms with E-state index in [1.54, 1.807) is 0 Å². The van der Waals surface area contributed by atoms with Crippen molar-refractivity contribution in [1.82, 2.24) is 0 Å². The molecule has 2 nitrogen and oxygen atoms in total. The third kappa shape index (κ3) is 5.19. The topological polar surface area (TPSA) is 21.6 Å². The number of hydrogen-bond acceptors (Lipinski definition) is 2. The van der Waals surface area contributed by atoms with E-state index in [0.717, 1.165) is 19.0 Å². The quantitative estimate of drug-likeness (QED) is 0.560. The van der Waals surface area contributed by atoms with Gasteiger partial charge in [0, 0.05) is 5.92 Å². The first-order chi connectivity index (χ1) is 7.34. The minimum atomic E-state index is 0.540. The summed E-state index contributed by atoms with van der Waals surface area (Å²) < 4.78 is 5.46. The van der Waals surface area contributed by atoms with Gasteiger partial charge in [0.05, 0.1) is 6.54 Å². The number of nitrogens with zero attached hydrogens (tertiary/aromatic N) is 1. The molecule has 88 valence electrons. The van der Waals surface area contributed by atoms with Gasteiger partial charge in [-0.25, -0.2) is 0 Å². The lowest BCUT2D eigenvalue weighted by molar-refractivity contribution is 0.320. The highest BCUT2D eigenvalue weighted by Crippen LogP contribution is 2.15. The summed E-state index contributed by atoms with van der Waals surface area (Å²) in [7, 11) is 0. The van der Waals surface area contributed by atoms with Gasteiger partial charge in [-0.2, -0.15) is 0 Å². The molecule has 0 spiro atoms. The summed E-state index contributed by atoms with van der Waals surface area (Å²) in [6, 6.07) is 0. The first-order valence-corrected chi connectivity index (χ1v) is 6.51. The van der Waals surface area contributed by atoms with Gasteiger partial charge in [0.15, 0.2) is 5.90 Å². The highest BCUT2D eigenvalue weighted by atomic mass is 16.5. The minimum Gasteiger partial charge on any atom is -0.479 e. The van der Waals surface area contributed by atoms with Crippen molar-refractivity contribution in [3.63, 3.8) is 0 Å². The maximum absolute atomic E-state index is 5.46. The van der Waals surface area contributed by atoms with Gasteiger partial charge >= 0.3 is 0 Å². The van der Waals surface area contributed by atoms with Crippen molar-refractivity contribution in [3.05, 3.63) is 0 Å². The Morgan fingerprint density at radius 1 is 1.20 bits per heavy atom. The van der Waals surface area contributed by atoms with Crippen molar-refractivity contribution < 1.29 is 4.74 Å². The van der Waals surface area contributed by atoms with Crippen LogP contribution >= 0.6 is 0 Å². The van der Waals surface area contributed by atoms with Crippen molar-refractivity contribution in [1.29, 1.82) is 0 Å². The second-order valence-electron chi connectivity index (χ2n) is 4.53. The Kier molecular flexibility index (Phi) is 6.45. The number of rotatable bonds is 8. The molecule has 0 fully saturated rings. The number of ether oxygens (including phenoxy) is 1. The van der Waals surface area contributed by atoms with Crippen LogP contribution in [0.1, 0.15) is 58.8 Å². The molecule has 0 aromatic carbocycles. The van der Waals surface area contributed by atoms with Crippen LogP contribution in [0.4, 0.5) is 0 Å². The van der Waals surface area contributed by atoms with Crippen molar-refractivity contribution in [2.24, 2.45) is 10.9 Å². The first kappa shape index (κ1) is 12.5.